The Kier molecular flexibility index (Phi) is 5.45. The molecule has 0 atom stereocenters. The van der Waals surface area contributed by atoms with E-state index in [-0.39, 0.29) is 5.97 Å². The van der Waals surface area contributed by atoms with Crippen LogP contribution in [0.5, 0.6) is 0 Å². The van der Waals surface area contributed by atoms with Crippen molar-refractivity contribution in [2.75, 3.05) is 20.3 Å². The summed E-state index contributed by atoms with van der Waals surface area (Å²) in [6.07, 6.45) is 2.31. The van der Waals surface area contributed by atoms with E-state index in [1.54, 1.807) is 12.1 Å². The van der Waals surface area contributed by atoms with Crippen LogP contribution in [-0.4, -0.2) is 31.2 Å². The van der Waals surface area contributed by atoms with Gasteiger partial charge >= 0.3 is 5.97 Å². The highest BCUT2D eigenvalue weighted by molar-refractivity contribution is 5.88. The number of esters is 1. The van der Waals surface area contributed by atoms with Gasteiger partial charge in [-0.05, 0) is 25.1 Å². The molecular formula is C11H16N2O3. The summed E-state index contributed by atoms with van der Waals surface area (Å²) in [5, 5.41) is 0. The summed E-state index contributed by atoms with van der Waals surface area (Å²) in [7, 11) is 1.34. The molecule has 0 saturated heterocycles. The molecule has 16 heavy (non-hydrogen) atoms. The van der Waals surface area contributed by atoms with Gasteiger partial charge in [-0.1, -0.05) is 0 Å². The maximum Gasteiger partial charge on any atom is 0.339 e. The first-order valence-electron chi connectivity index (χ1n) is 5.09. The monoisotopic (exact) mass is 224 g/mol. The average molecular weight is 224 g/mol. The molecule has 1 rings (SSSR count). The molecule has 1 heterocycles. The maximum atomic E-state index is 11.1. The van der Waals surface area contributed by atoms with Gasteiger partial charge in [0.25, 0.3) is 0 Å². The number of pyridine rings is 1. The Labute approximate surface area is 94.6 Å². The van der Waals surface area contributed by atoms with Gasteiger partial charge in [0.15, 0.2) is 0 Å². The number of rotatable bonds is 6. The Bertz CT molecular complexity index is 325. The van der Waals surface area contributed by atoms with E-state index in [1.807, 2.05) is 0 Å². The van der Waals surface area contributed by atoms with Gasteiger partial charge in [0, 0.05) is 12.8 Å². The van der Waals surface area contributed by atoms with Crippen LogP contribution in [0.3, 0.4) is 0 Å². The molecule has 0 bridgehead atoms. The molecule has 2 N–H and O–H groups in total. The van der Waals surface area contributed by atoms with Gasteiger partial charge in [-0.25, -0.2) is 4.79 Å². The molecule has 0 aliphatic carbocycles. The van der Waals surface area contributed by atoms with Gasteiger partial charge in [-0.15, -0.1) is 0 Å². The van der Waals surface area contributed by atoms with Crippen LogP contribution >= 0.6 is 0 Å². The third-order valence-corrected chi connectivity index (χ3v) is 1.99. The minimum Gasteiger partial charge on any atom is -0.465 e. The third-order valence-electron chi connectivity index (χ3n) is 1.99. The molecule has 0 aromatic carbocycles. The van der Waals surface area contributed by atoms with Crippen molar-refractivity contribution in [3.8, 4) is 0 Å². The Morgan fingerprint density at radius 2 is 2.31 bits per heavy atom. The van der Waals surface area contributed by atoms with Crippen molar-refractivity contribution in [1.82, 2.24) is 4.98 Å². The van der Waals surface area contributed by atoms with Crippen LogP contribution in [0.15, 0.2) is 18.3 Å². The van der Waals surface area contributed by atoms with E-state index < -0.39 is 0 Å². The summed E-state index contributed by atoms with van der Waals surface area (Å²) >= 11 is 0. The smallest absolute Gasteiger partial charge is 0.339 e. The number of nitrogens with two attached hydrogens (primary N) is 1. The molecule has 0 radical (unpaired) electrons. The number of methoxy groups -OCH3 is 1. The average Bonchev–Trinajstić information content (AvgIpc) is 2.34. The van der Waals surface area contributed by atoms with Crippen molar-refractivity contribution < 1.29 is 14.3 Å². The molecule has 88 valence electrons. The summed E-state index contributed by atoms with van der Waals surface area (Å²) in [6, 6.07) is 3.41. The lowest BCUT2D eigenvalue weighted by atomic mass is 10.2. The molecule has 0 amide bonds. The SMILES string of the molecule is COC(=O)c1ccc(COCCCN)nc1. The van der Waals surface area contributed by atoms with Gasteiger partial charge in [-0.2, -0.15) is 0 Å². The molecule has 0 aliphatic heterocycles. The molecule has 5 nitrogen and oxygen atoms in total. The van der Waals surface area contributed by atoms with Crippen LogP contribution in [-0.2, 0) is 16.1 Å². The molecule has 0 aliphatic rings. The van der Waals surface area contributed by atoms with E-state index in [9.17, 15) is 4.79 Å². The Morgan fingerprint density at radius 3 is 2.88 bits per heavy atom. The fourth-order valence-corrected chi connectivity index (χ4v) is 1.11. The van der Waals surface area contributed by atoms with Gasteiger partial charge in [0.05, 0.1) is 25.0 Å². The number of aromatic nitrogens is 1. The van der Waals surface area contributed by atoms with Crippen LogP contribution in [0.1, 0.15) is 22.5 Å². The Morgan fingerprint density at radius 1 is 1.50 bits per heavy atom. The summed E-state index contributed by atoms with van der Waals surface area (Å²) in [6.45, 7) is 1.67. The zero-order valence-electron chi connectivity index (χ0n) is 9.31. The predicted octanol–water partition coefficient (Wildman–Crippen LogP) is 0.734. The highest BCUT2D eigenvalue weighted by atomic mass is 16.5. The summed E-state index contributed by atoms with van der Waals surface area (Å²) < 4.78 is 9.89. The van der Waals surface area contributed by atoms with Gasteiger partial charge in [0.1, 0.15) is 0 Å². The van der Waals surface area contributed by atoms with Crippen LogP contribution < -0.4 is 5.73 Å². The van der Waals surface area contributed by atoms with Crippen molar-refractivity contribution in [3.63, 3.8) is 0 Å². The largest absolute Gasteiger partial charge is 0.465 e. The zero-order chi connectivity index (χ0) is 11.8. The molecule has 0 unspecified atom stereocenters. The first-order valence-corrected chi connectivity index (χ1v) is 5.09. The zero-order valence-corrected chi connectivity index (χ0v) is 9.31. The summed E-state index contributed by atoms with van der Waals surface area (Å²) in [4.78, 5) is 15.2. The molecule has 0 spiro atoms. The highest BCUT2D eigenvalue weighted by Gasteiger charge is 2.05. The van der Waals surface area contributed by atoms with Crippen LogP contribution in [0.4, 0.5) is 0 Å². The van der Waals surface area contributed by atoms with E-state index in [2.05, 4.69) is 9.72 Å². The second-order valence-electron chi connectivity index (χ2n) is 3.22. The van der Waals surface area contributed by atoms with Crippen LogP contribution in [0.25, 0.3) is 0 Å². The number of ether oxygens (including phenoxy) is 2. The van der Waals surface area contributed by atoms with E-state index in [1.165, 1.54) is 13.3 Å². The number of carbonyl (C=O) groups is 1. The molecule has 1 aromatic rings. The predicted molar refractivity (Wildman–Crippen MR) is 58.9 cm³/mol. The number of hydrogen-bond donors (Lipinski definition) is 1. The van der Waals surface area contributed by atoms with Gasteiger partial charge in [-0.3, -0.25) is 4.98 Å². The minimum atomic E-state index is -0.386. The molecule has 1 aromatic heterocycles. The lowest BCUT2D eigenvalue weighted by Gasteiger charge is -2.03. The fourth-order valence-electron chi connectivity index (χ4n) is 1.11. The van der Waals surface area contributed by atoms with Crippen molar-refractivity contribution >= 4 is 5.97 Å². The van der Waals surface area contributed by atoms with E-state index in [0.29, 0.717) is 25.3 Å². The Hall–Kier alpha value is -1.46. The quantitative estimate of drug-likeness (QED) is 0.569. The highest BCUT2D eigenvalue weighted by Crippen LogP contribution is 2.03. The van der Waals surface area contributed by atoms with Crippen LogP contribution in [0, 0.1) is 0 Å². The molecule has 0 fully saturated rings. The lowest BCUT2D eigenvalue weighted by molar-refractivity contribution is 0.0600. The molecule has 5 heteroatoms. The van der Waals surface area contributed by atoms with E-state index in [0.717, 1.165) is 12.1 Å². The number of nitrogens with zero attached hydrogens (tertiary/aromatic N) is 1. The Balaban J connectivity index is 2.42. The standard InChI is InChI=1S/C11H16N2O3/c1-15-11(14)9-3-4-10(13-7-9)8-16-6-2-5-12/h3-4,7H,2,5-6,8,12H2,1H3. The van der Waals surface area contributed by atoms with Gasteiger partial charge < -0.3 is 15.2 Å². The second kappa shape index (κ2) is 6.92. The fraction of sp³-hybridized carbons (Fsp3) is 0.455. The van der Waals surface area contributed by atoms with Crippen molar-refractivity contribution in [2.45, 2.75) is 13.0 Å². The van der Waals surface area contributed by atoms with E-state index >= 15 is 0 Å². The molecule has 0 saturated carbocycles. The van der Waals surface area contributed by atoms with Crippen molar-refractivity contribution in [1.29, 1.82) is 0 Å². The first kappa shape index (κ1) is 12.6. The lowest BCUT2D eigenvalue weighted by Crippen LogP contribution is -2.06. The molecular weight excluding hydrogens is 208 g/mol. The summed E-state index contributed by atoms with van der Waals surface area (Å²) in [5.74, 6) is -0.386. The van der Waals surface area contributed by atoms with Crippen molar-refractivity contribution in [3.05, 3.63) is 29.6 Å². The third kappa shape index (κ3) is 3.96. The topological polar surface area (TPSA) is 74.4 Å². The first-order chi connectivity index (χ1) is 7.77. The second-order valence-corrected chi connectivity index (χ2v) is 3.22. The minimum absolute atomic E-state index is 0.386. The van der Waals surface area contributed by atoms with Crippen LogP contribution in [0.2, 0.25) is 0 Å². The van der Waals surface area contributed by atoms with E-state index in [4.69, 9.17) is 10.5 Å². The van der Waals surface area contributed by atoms with Gasteiger partial charge in [0.2, 0.25) is 0 Å². The maximum absolute atomic E-state index is 11.1. The summed E-state index contributed by atoms with van der Waals surface area (Å²) in [5.41, 5.74) is 6.55. The van der Waals surface area contributed by atoms with Crippen molar-refractivity contribution in [2.24, 2.45) is 5.73 Å². The normalized spacial score (nSPS) is 10.1. The number of hydrogen-bond acceptors (Lipinski definition) is 5. The number of carbonyl (C=O) groups excluding carboxylic acids is 1.